The molecule has 1 aromatic carbocycles. The van der Waals surface area contributed by atoms with Gasteiger partial charge >= 0.3 is 5.97 Å². The molecule has 7 nitrogen and oxygen atoms in total. The van der Waals surface area contributed by atoms with E-state index in [1.807, 2.05) is 6.07 Å². The third-order valence-electron chi connectivity index (χ3n) is 5.60. The molecule has 1 aromatic rings. The van der Waals surface area contributed by atoms with Crippen LogP contribution in [0.5, 0.6) is 5.75 Å². The molecule has 28 heavy (non-hydrogen) atoms. The van der Waals surface area contributed by atoms with Gasteiger partial charge in [0.25, 0.3) is 5.91 Å². The number of piperidine rings is 1. The molecule has 1 saturated carbocycles. The third-order valence-corrected chi connectivity index (χ3v) is 5.60. The maximum Gasteiger partial charge on any atom is 0.306 e. The number of hydrogen-bond donors (Lipinski definition) is 1. The number of hydrogen-bond acceptors (Lipinski definition) is 4. The number of rotatable bonds is 6. The molecule has 1 heterocycles. The molecule has 1 N–H and O–H groups in total. The Balaban J connectivity index is 1.54. The standard InChI is InChI=1S/C21H28N2O5/c1-22(14-19(24)23-11-9-15(10-12-23)21(26)27)20(25)16-5-4-8-18(13-16)28-17-6-2-3-7-17/h4-5,8,13,15,17H,2-3,6-7,9-12,14H2,1H3,(H,26,27). The fourth-order valence-corrected chi connectivity index (χ4v) is 3.87. The van der Waals surface area contributed by atoms with Gasteiger partial charge < -0.3 is 19.6 Å². The predicted octanol–water partition coefficient (Wildman–Crippen LogP) is 2.40. The molecule has 2 fully saturated rings. The first-order valence-electron chi connectivity index (χ1n) is 9.97. The Hall–Kier alpha value is -2.57. The summed E-state index contributed by atoms with van der Waals surface area (Å²) < 4.78 is 5.96. The Morgan fingerprint density at radius 2 is 1.82 bits per heavy atom. The number of ether oxygens (including phenoxy) is 1. The van der Waals surface area contributed by atoms with Gasteiger partial charge in [-0.15, -0.1) is 0 Å². The van der Waals surface area contributed by atoms with Crippen molar-refractivity contribution in [3.63, 3.8) is 0 Å². The van der Waals surface area contributed by atoms with E-state index >= 15 is 0 Å². The summed E-state index contributed by atoms with van der Waals surface area (Å²) in [6.45, 7) is 0.815. The second-order valence-electron chi connectivity index (χ2n) is 7.71. The lowest BCUT2D eigenvalue weighted by Gasteiger charge is -2.31. The van der Waals surface area contributed by atoms with E-state index in [0.717, 1.165) is 12.8 Å². The Labute approximate surface area is 165 Å². The van der Waals surface area contributed by atoms with Crippen LogP contribution in [0.15, 0.2) is 24.3 Å². The zero-order valence-corrected chi connectivity index (χ0v) is 16.3. The zero-order valence-electron chi connectivity index (χ0n) is 16.3. The number of carbonyl (C=O) groups is 3. The molecule has 7 heteroatoms. The van der Waals surface area contributed by atoms with Crippen LogP contribution in [0, 0.1) is 5.92 Å². The summed E-state index contributed by atoms with van der Waals surface area (Å²) in [6, 6.07) is 7.11. The maximum absolute atomic E-state index is 12.7. The summed E-state index contributed by atoms with van der Waals surface area (Å²) in [5, 5.41) is 9.05. The number of benzene rings is 1. The molecule has 1 aliphatic carbocycles. The van der Waals surface area contributed by atoms with Crippen molar-refractivity contribution in [2.75, 3.05) is 26.7 Å². The summed E-state index contributed by atoms with van der Waals surface area (Å²) >= 11 is 0. The van der Waals surface area contributed by atoms with Crippen LogP contribution in [-0.4, -0.2) is 65.5 Å². The Morgan fingerprint density at radius 3 is 2.46 bits per heavy atom. The second-order valence-corrected chi connectivity index (χ2v) is 7.71. The third kappa shape index (κ3) is 5.03. The number of carbonyl (C=O) groups excluding carboxylic acids is 2. The van der Waals surface area contributed by atoms with E-state index in [0.29, 0.717) is 37.2 Å². The first kappa shape index (κ1) is 20.2. The van der Waals surface area contributed by atoms with Crippen LogP contribution in [0.25, 0.3) is 0 Å². The second kappa shape index (κ2) is 9.08. The number of likely N-dealkylation sites (tertiary alicyclic amines) is 1. The van der Waals surface area contributed by atoms with E-state index in [1.54, 1.807) is 30.1 Å². The number of amides is 2. The summed E-state index contributed by atoms with van der Waals surface area (Å²) in [5.41, 5.74) is 0.496. The van der Waals surface area contributed by atoms with Gasteiger partial charge in [0.15, 0.2) is 0 Å². The molecule has 1 saturated heterocycles. The fourth-order valence-electron chi connectivity index (χ4n) is 3.87. The molecule has 1 aliphatic heterocycles. The van der Waals surface area contributed by atoms with E-state index in [-0.39, 0.29) is 30.4 Å². The van der Waals surface area contributed by atoms with Crippen molar-refractivity contribution in [1.82, 2.24) is 9.80 Å². The lowest BCUT2D eigenvalue weighted by molar-refractivity contribution is -0.145. The highest BCUT2D eigenvalue weighted by molar-refractivity contribution is 5.96. The smallest absolute Gasteiger partial charge is 0.306 e. The number of nitrogens with zero attached hydrogens (tertiary/aromatic N) is 2. The average molecular weight is 388 g/mol. The van der Waals surface area contributed by atoms with Gasteiger partial charge in [-0.25, -0.2) is 0 Å². The Kier molecular flexibility index (Phi) is 6.54. The number of carboxylic acids is 1. The van der Waals surface area contributed by atoms with Crippen molar-refractivity contribution in [1.29, 1.82) is 0 Å². The lowest BCUT2D eigenvalue weighted by Crippen LogP contribution is -2.45. The van der Waals surface area contributed by atoms with Gasteiger partial charge in [-0.1, -0.05) is 6.07 Å². The molecule has 2 amide bonds. The van der Waals surface area contributed by atoms with Gasteiger partial charge in [-0.05, 0) is 56.7 Å². The number of aliphatic carboxylic acids is 1. The van der Waals surface area contributed by atoms with Gasteiger partial charge in [0.2, 0.25) is 5.91 Å². The maximum atomic E-state index is 12.7. The van der Waals surface area contributed by atoms with E-state index in [2.05, 4.69) is 0 Å². The van der Waals surface area contributed by atoms with Crippen molar-refractivity contribution in [3.05, 3.63) is 29.8 Å². The van der Waals surface area contributed by atoms with Crippen molar-refractivity contribution in [2.45, 2.75) is 44.6 Å². The molecule has 0 unspecified atom stereocenters. The zero-order chi connectivity index (χ0) is 20.1. The van der Waals surface area contributed by atoms with Gasteiger partial charge in [-0.3, -0.25) is 14.4 Å². The molecule has 0 atom stereocenters. The van der Waals surface area contributed by atoms with E-state index in [9.17, 15) is 14.4 Å². The number of carboxylic acid groups (broad SMARTS) is 1. The summed E-state index contributed by atoms with van der Waals surface area (Å²) in [6.07, 6.45) is 5.59. The number of likely N-dealkylation sites (N-methyl/N-ethyl adjacent to an activating group) is 1. The molecule has 152 valence electrons. The minimum Gasteiger partial charge on any atom is -0.490 e. The molecular formula is C21H28N2O5. The van der Waals surface area contributed by atoms with Gasteiger partial charge in [0, 0.05) is 25.7 Å². The summed E-state index contributed by atoms with van der Waals surface area (Å²) in [7, 11) is 1.61. The summed E-state index contributed by atoms with van der Waals surface area (Å²) in [5.74, 6) is -0.887. The van der Waals surface area contributed by atoms with E-state index in [4.69, 9.17) is 9.84 Å². The quantitative estimate of drug-likeness (QED) is 0.809. The van der Waals surface area contributed by atoms with Crippen LogP contribution in [-0.2, 0) is 9.59 Å². The molecule has 0 spiro atoms. The van der Waals surface area contributed by atoms with Crippen molar-refractivity contribution in [2.24, 2.45) is 5.92 Å². The van der Waals surface area contributed by atoms with Crippen LogP contribution in [0.1, 0.15) is 48.9 Å². The molecule has 3 rings (SSSR count). The van der Waals surface area contributed by atoms with E-state index in [1.165, 1.54) is 17.7 Å². The SMILES string of the molecule is CN(CC(=O)N1CCC(C(=O)O)CC1)C(=O)c1cccc(OC2CCCC2)c1. The van der Waals surface area contributed by atoms with Gasteiger partial charge in [0.1, 0.15) is 5.75 Å². The molecular weight excluding hydrogens is 360 g/mol. The highest BCUT2D eigenvalue weighted by atomic mass is 16.5. The first-order valence-corrected chi connectivity index (χ1v) is 9.97. The van der Waals surface area contributed by atoms with Crippen LogP contribution in [0.2, 0.25) is 0 Å². The Bertz CT molecular complexity index is 721. The Morgan fingerprint density at radius 1 is 1.14 bits per heavy atom. The average Bonchev–Trinajstić information content (AvgIpc) is 3.20. The topological polar surface area (TPSA) is 87.2 Å². The van der Waals surface area contributed by atoms with E-state index < -0.39 is 5.97 Å². The first-order chi connectivity index (χ1) is 13.4. The van der Waals surface area contributed by atoms with Crippen molar-refractivity contribution < 1.29 is 24.2 Å². The fraction of sp³-hybridized carbons (Fsp3) is 0.571. The van der Waals surface area contributed by atoms with Gasteiger partial charge in [-0.2, -0.15) is 0 Å². The highest BCUT2D eigenvalue weighted by Gasteiger charge is 2.28. The summed E-state index contributed by atoms with van der Waals surface area (Å²) in [4.78, 5) is 39.3. The normalized spacial score (nSPS) is 18.1. The molecule has 0 bridgehead atoms. The van der Waals surface area contributed by atoms with Crippen LogP contribution < -0.4 is 4.74 Å². The molecule has 2 aliphatic rings. The lowest BCUT2D eigenvalue weighted by atomic mass is 9.97. The minimum atomic E-state index is -0.806. The van der Waals surface area contributed by atoms with Crippen molar-refractivity contribution >= 4 is 17.8 Å². The van der Waals surface area contributed by atoms with Crippen LogP contribution in [0.3, 0.4) is 0 Å². The largest absolute Gasteiger partial charge is 0.490 e. The highest BCUT2D eigenvalue weighted by Crippen LogP contribution is 2.25. The van der Waals surface area contributed by atoms with Crippen molar-refractivity contribution in [3.8, 4) is 5.75 Å². The predicted molar refractivity (Wildman–Crippen MR) is 103 cm³/mol. The van der Waals surface area contributed by atoms with Gasteiger partial charge in [0.05, 0.1) is 18.6 Å². The minimum absolute atomic E-state index is 0.0235. The molecule has 0 radical (unpaired) electrons. The monoisotopic (exact) mass is 388 g/mol. The van der Waals surface area contributed by atoms with Crippen LogP contribution in [0.4, 0.5) is 0 Å². The van der Waals surface area contributed by atoms with Crippen LogP contribution >= 0.6 is 0 Å². The molecule has 0 aromatic heterocycles.